The van der Waals surface area contributed by atoms with Crippen LogP contribution in [0, 0.1) is 17.1 Å². The van der Waals surface area contributed by atoms with Crippen LogP contribution in [-0.2, 0) is 17.5 Å². The number of halogens is 4. The van der Waals surface area contributed by atoms with Crippen molar-refractivity contribution in [2.24, 2.45) is 0 Å². The summed E-state index contributed by atoms with van der Waals surface area (Å²) in [6, 6.07) is 9.17. The lowest BCUT2D eigenvalue weighted by atomic mass is 10.0. The van der Waals surface area contributed by atoms with Crippen LogP contribution in [0.3, 0.4) is 0 Å². The third kappa shape index (κ3) is 4.62. The first-order chi connectivity index (χ1) is 16.4. The number of alkyl halides is 3. The van der Waals surface area contributed by atoms with Crippen molar-refractivity contribution in [1.29, 1.82) is 5.26 Å². The van der Waals surface area contributed by atoms with E-state index >= 15 is 4.39 Å². The second-order valence-electron chi connectivity index (χ2n) is 9.27. The van der Waals surface area contributed by atoms with Crippen LogP contribution in [0.4, 0.5) is 28.9 Å². The van der Waals surface area contributed by atoms with Gasteiger partial charge in [0.15, 0.2) is 5.11 Å². The number of amides is 1. The zero-order valence-electron chi connectivity index (χ0n) is 19.3. The number of nitrogens with zero attached hydrogens (tertiary/aromatic N) is 4. The minimum absolute atomic E-state index is 0.0685. The monoisotopic (exact) mass is 504 g/mol. The molecule has 0 radical (unpaired) electrons. The fourth-order valence-corrected chi connectivity index (χ4v) is 5.14. The molecule has 35 heavy (non-hydrogen) atoms. The summed E-state index contributed by atoms with van der Waals surface area (Å²) >= 11 is 5.51. The lowest BCUT2D eigenvalue weighted by molar-refractivity contribution is -0.137. The number of nitriles is 1. The quantitative estimate of drug-likeness (QED) is 0.400. The molecule has 2 fully saturated rings. The third-order valence-electron chi connectivity index (χ3n) is 6.49. The predicted octanol–water partition coefficient (Wildman–Crippen LogP) is 5.62. The van der Waals surface area contributed by atoms with E-state index in [4.69, 9.17) is 17.5 Å². The van der Waals surface area contributed by atoms with Crippen LogP contribution in [0.2, 0.25) is 0 Å². The van der Waals surface area contributed by atoms with Crippen molar-refractivity contribution >= 4 is 34.6 Å². The Morgan fingerprint density at radius 3 is 2.31 bits per heavy atom. The van der Waals surface area contributed by atoms with Crippen molar-refractivity contribution in [3.63, 3.8) is 0 Å². The second kappa shape index (κ2) is 9.21. The molecule has 0 spiro atoms. The molecule has 0 saturated carbocycles. The van der Waals surface area contributed by atoms with E-state index in [1.54, 1.807) is 26.0 Å². The van der Waals surface area contributed by atoms with Gasteiger partial charge in [-0.3, -0.25) is 14.6 Å². The Morgan fingerprint density at radius 1 is 1.06 bits per heavy atom. The van der Waals surface area contributed by atoms with Gasteiger partial charge in [-0.15, -0.1) is 0 Å². The van der Waals surface area contributed by atoms with Crippen LogP contribution in [0.5, 0.6) is 0 Å². The molecule has 2 aliphatic rings. The highest BCUT2D eigenvalue weighted by molar-refractivity contribution is 7.81. The average Bonchev–Trinajstić information content (AvgIpc) is 2.98. The van der Waals surface area contributed by atoms with Gasteiger partial charge >= 0.3 is 6.18 Å². The van der Waals surface area contributed by atoms with Crippen LogP contribution in [0.1, 0.15) is 49.8 Å². The maximum absolute atomic E-state index is 15.1. The van der Waals surface area contributed by atoms with Crippen molar-refractivity contribution in [2.45, 2.75) is 51.4 Å². The van der Waals surface area contributed by atoms with Crippen molar-refractivity contribution in [3.8, 4) is 6.07 Å². The number of hydrogen-bond acceptors (Lipinski definition) is 4. The van der Waals surface area contributed by atoms with E-state index in [0.717, 1.165) is 43.0 Å². The van der Waals surface area contributed by atoms with Crippen molar-refractivity contribution in [3.05, 3.63) is 58.9 Å². The normalized spacial score (nSPS) is 18.8. The number of piperidine rings is 1. The van der Waals surface area contributed by atoms with Gasteiger partial charge in [-0.25, -0.2) is 4.39 Å². The van der Waals surface area contributed by atoms with Gasteiger partial charge in [-0.1, -0.05) is 12.5 Å². The molecule has 2 heterocycles. The Kier molecular flexibility index (Phi) is 6.60. The molecular formula is C25H24F4N4OS. The Morgan fingerprint density at radius 2 is 1.71 bits per heavy atom. The summed E-state index contributed by atoms with van der Waals surface area (Å²) in [5.41, 5.74) is -2.23. The van der Waals surface area contributed by atoms with Crippen molar-refractivity contribution in [2.75, 3.05) is 22.9 Å². The number of anilines is 2. The molecule has 0 aromatic heterocycles. The summed E-state index contributed by atoms with van der Waals surface area (Å²) in [6.07, 6.45) is -1.44. The lowest BCUT2D eigenvalue weighted by Gasteiger charge is -2.30. The van der Waals surface area contributed by atoms with Crippen LogP contribution >= 0.6 is 12.2 Å². The molecule has 0 unspecified atom stereocenters. The largest absolute Gasteiger partial charge is 0.417 e. The highest BCUT2D eigenvalue weighted by atomic mass is 32.1. The first-order valence-corrected chi connectivity index (χ1v) is 11.7. The summed E-state index contributed by atoms with van der Waals surface area (Å²) in [6.45, 7) is 5.47. The number of carbonyl (C=O) groups is 1. The molecule has 2 aliphatic heterocycles. The molecule has 1 amide bonds. The summed E-state index contributed by atoms with van der Waals surface area (Å²) in [4.78, 5) is 18.0. The molecule has 2 saturated heterocycles. The zero-order chi connectivity index (χ0) is 25.5. The van der Waals surface area contributed by atoms with Gasteiger partial charge in [0.2, 0.25) is 0 Å². The number of thiocarbonyl (C=S) groups is 1. The third-order valence-corrected chi connectivity index (χ3v) is 6.86. The van der Waals surface area contributed by atoms with Gasteiger partial charge in [0, 0.05) is 17.8 Å². The molecule has 2 aromatic carbocycles. The Labute approximate surface area is 206 Å². The Balaban J connectivity index is 1.67. The molecule has 10 heteroatoms. The summed E-state index contributed by atoms with van der Waals surface area (Å²) in [5.74, 6) is -0.992. The molecule has 0 N–H and O–H groups in total. The number of likely N-dealkylation sites (tertiary alicyclic amines) is 1. The van der Waals surface area contributed by atoms with E-state index in [0.29, 0.717) is 17.8 Å². The van der Waals surface area contributed by atoms with E-state index in [1.807, 2.05) is 0 Å². The summed E-state index contributed by atoms with van der Waals surface area (Å²) < 4.78 is 55.6. The van der Waals surface area contributed by atoms with Crippen molar-refractivity contribution in [1.82, 2.24) is 4.90 Å². The smallest absolute Gasteiger partial charge is 0.303 e. The van der Waals surface area contributed by atoms with E-state index in [2.05, 4.69) is 4.90 Å². The highest BCUT2D eigenvalue weighted by Gasteiger charge is 2.50. The van der Waals surface area contributed by atoms with Crippen molar-refractivity contribution < 1.29 is 22.4 Å². The topological polar surface area (TPSA) is 50.6 Å². The lowest BCUT2D eigenvalue weighted by Crippen LogP contribution is -2.44. The minimum atomic E-state index is -4.78. The Bertz CT molecular complexity index is 1210. The molecular weight excluding hydrogens is 480 g/mol. The first-order valence-electron chi connectivity index (χ1n) is 11.3. The second-order valence-corrected chi connectivity index (χ2v) is 9.63. The molecule has 4 rings (SSSR count). The van der Waals surface area contributed by atoms with Crippen LogP contribution < -0.4 is 9.80 Å². The molecule has 0 aliphatic carbocycles. The molecule has 2 aromatic rings. The Hall–Kier alpha value is -3.03. The van der Waals surface area contributed by atoms with Gasteiger partial charge in [0.1, 0.15) is 11.4 Å². The van der Waals surface area contributed by atoms with Gasteiger partial charge in [-0.2, -0.15) is 18.4 Å². The number of benzene rings is 2. The average molecular weight is 505 g/mol. The fourth-order valence-electron chi connectivity index (χ4n) is 4.62. The SMILES string of the molecule is CC1(C)C(=O)N(c2ccc(C#N)c(C(F)(F)F)c2)C(=S)N1c1ccc(CN2CCCCC2)c(F)c1. The van der Waals surface area contributed by atoms with E-state index in [-0.39, 0.29) is 10.8 Å². The van der Waals surface area contributed by atoms with E-state index < -0.39 is 34.6 Å². The number of rotatable bonds is 4. The predicted molar refractivity (Wildman–Crippen MR) is 128 cm³/mol. The van der Waals surface area contributed by atoms with Crippen LogP contribution in [0.15, 0.2) is 36.4 Å². The van der Waals surface area contributed by atoms with Gasteiger partial charge in [0.05, 0.1) is 22.9 Å². The number of hydrogen-bond donors (Lipinski definition) is 0. The van der Waals surface area contributed by atoms with Gasteiger partial charge < -0.3 is 4.90 Å². The summed E-state index contributed by atoms with van der Waals surface area (Å²) in [5, 5.41) is 9.00. The standard InChI is InChI=1S/C25H24F4N4OS/c1-24(2)22(34)32(18-8-6-16(14-30)20(12-18)25(27,28)29)23(35)33(24)19-9-7-17(21(26)13-19)15-31-10-4-3-5-11-31/h6-9,12-13H,3-5,10-11,15H2,1-2H3. The molecule has 5 nitrogen and oxygen atoms in total. The van der Waals surface area contributed by atoms with Gasteiger partial charge in [0.25, 0.3) is 5.91 Å². The van der Waals surface area contributed by atoms with Crippen LogP contribution in [-0.4, -0.2) is 34.5 Å². The van der Waals surface area contributed by atoms with E-state index in [1.165, 1.54) is 29.5 Å². The van der Waals surface area contributed by atoms with Gasteiger partial charge in [-0.05, 0) is 82.3 Å². The highest BCUT2D eigenvalue weighted by Crippen LogP contribution is 2.40. The fraction of sp³-hybridized carbons (Fsp3) is 0.400. The molecule has 0 bridgehead atoms. The van der Waals surface area contributed by atoms with Crippen LogP contribution in [0.25, 0.3) is 0 Å². The maximum Gasteiger partial charge on any atom is 0.417 e. The molecule has 0 atom stereocenters. The summed E-state index contributed by atoms with van der Waals surface area (Å²) in [7, 11) is 0. The first kappa shape index (κ1) is 25.1. The zero-order valence-corrected chi connectivity index (χ0v) is 20.1. The maximum atomic E-state index is 15.1. The van der Waals surface area contributed by atoms with E-state index in [9.17, 15) is 18.0 Å². The molecule has 184 valence electrons. The number of carbonyl (C=O) groups excluding carboxylic acids is 1. The minimum Gasteiger partial charge on any atom is -0.303 e.